The summed E-state index contributed by atoms with van der Waals surface area (Å²) in [6, 6.07) is 9.05. The van der Waals surface area contributed by atoms with Crippen LogP contribution in [0.4, 0.5) is 0 Å². The first kappa shape index (κ1) is 13.0. The lowest BCUT2D eigenvalue weighted by molar-refractivity contribution is 0.523. The second kappa shape index (κ2) is 6.41. The number of allylic oxidation sites excluding steroid dienone is 1. The van der Waals surface area contributed by atoms with Gasteiger partial charge in [-0.3, -0.25) is 0 Å². The van der Waals surface area contributed by atoms with Crippen molar-refractivity contribution in [2.45, 2.75) is 70.1 Å². The maximum Gasteiger partial charge on any atom is 0.00574 e. The Hall–Kier alpha value is -1.04. The summed E-state index contributed by atoms with van der Waals surface area (Å²) in [6.45, 7) is 0. The molecule has 102 valence electrons. The molecule has 0 saturated heterocycles. The van der Waals surface area contributed by atoms with Crippen molar-refractivity contribution in [2.24, 2.45) is 0 Å². The van der Waals surface area contributed by atoms with Crippen molar-refractivity contribution in [3.63, 3.8) is 0 Å². The minimum Gasteiger partial charge on any atom is -0.0621 e. The summed E-state index contributed by atoms with van der Waals surface area (Å²) in [5.74, 6) is 0.746. The summed E-state index contributed by atoms with van der Waals surface area (Å²) in [6.07, 6.45) is 16.7. The highest BCUT2D eigenvalue weighted by Crippen LogP contribution is 2.42. The van der Waals surface area contributed by atoms with E-state index in [4.69, 9.17) is 0 Å². The minimum atomic E-state index is 0.746. The SMILES string of the molecule is C1=C2CCCCCCCCCCC2c2ccccc21. The summed E-state index contributed by atoms with van der Waals surface area (Å²) in [7, 11) is 0. The standard InChI is InChI=1S/C19H26/c1-2-4-6-8-13-18-16(11-7-5-3-1)15-17-12-9-10-14-19(17)18/h9-10,12,14-15,18H,1-8,11,13H2. The monoisotopic (exact) mass is 254 g/mol. The van der Waals surface area contributed by atoms with Gasteiger partial charge in [-0.15, -0.1) is 0 Å². The average Bonchev–Trinajstić information content (AvgIpc) is 2.77. The van der Waals surface area contributed by atoms with Gasteiger partial charge in [-0.2, -0.15) is 0 Å². The first-order valence-electron chi connectivity index (χ1n) is 8.24. The predicted octanol–water partition coefficient (Wildman–Crippen LogP) is 6.08. The van der Waals surface area contributed by atoms with E-state index in [0.717, 1.165) is 5.92 Å². The van der Waals surface area contributed by atoms with Crippen molar-refractivity contribution in [1.29, 1.82) is 0 Å². The summed E-state index contributed by atoms with van der Waals surface area (Å²) < 4.78 is 0. The zero-order valence-electron chi connectivity index (χ0n) is 12.0. The van der Waals surface area contributed by atoms with Crippen LogP contribution in [0, 0.1) is 0 Å². The van der Waals surface area contributed by atoms with Gasteiger partial charge in [-0.1, -0.05) is 80.9 Å². The Morgan fingerprint density at radius 3 is 2.26 bits per heavy atom. The van der Waals surface area contributed by atoms with Crippen molar-refractivity contribution in [3.8, 4) is 0 Å². The molecule has 0 spiro atoms. The van der Waals surface area contributed by atoms with Crippen LogP contribution in [0.1, 0.15) is 81.3 Å². The van der Waals surface area contributed by atoms with E-state index < -0.39 is 0 Å². The second-order valence-electron chi connectivity index (χ2n) is 6.27. The second-order valence-corrected chi connectivity index (χ2v) is 6.27. The number of rotatable bonds is 0. The summed E-state index contributed by atoms with van der Waals surface area (Å²) in [4.78, 5) is 0. The van der Waals surface area contributed by atoms with Crippen molar-refractivity contribution >= 4 is 6.08 Å². The predicted molar refractivity (Wildman–Crippen MR) is 83.3 cm³/mol. The molecule has 0 N–H and O–H groups in total. The molecule has 1 aromatic carbocycles. The van der Waals surface area contributed by atoms with E-state index in [2.05, 4.69) is 30.3 Å². The van der Waals surface area contributed by atoms with E-state index in [1.807, 2.05) is 0 Å². The van der Waals surface area contributed by atoms with Crippen LogP contribution in [-0.4, -0.2) is 0 Å². The molecule has 0 aromatic heterocycles. The van der Waals surface area contributed by atoms with Crippen molar-refractivity contribution in [1.82, 2.24) is 0 Å². The molecule has 1 aromatic rings. The normalized spacial score (nSPS) is 24.6. The number of hydrogen-bond acceptors (Lipinski definition) is 0. The van der Waals surface area contributed by atoms with Gasteiger partial charge in [-0.25, -0.2) is 0 Å². The van der Waals surface area contributed by atoms with Crippen LogP contribution in [-0.2, 0) is 0 Å². The molecule has 0 heterocycles. The summed E-state index contributed by atoms with van der Waals surface area (Å²) in [5.41, 5.74) is 4.83. The van der Waals surface area contributed by atoms with Crippen molar-refractivity contribution in [3.05, 3.63) is 41.0 Å². The van der Waals surface area contributed by atoms with Crippen LogP contribution in [0.3, 0.4) is 0 Å². The lowest BCUT2D eigenvalue weighted by Gasteiger charge is -2.18. The first-order valence-corrected chi connectivity index (χ1v) is 8.24. The van der Waals surface area contributed by atoms with Crippen LogP contribution in [0.25, 0.3) is 6.08 Å². The van der Waals surface area contributed by atoms with E-state index in [0.29, 0.717) is 0 Å². The van der Waals surface area contributed by atoms with E-state index in [1.165, 1.54) is 69.8 Å². The van der Waals surface area contributed by atoms with Gasteiger partial charge in [0.1, 0.15) is 0 Å². The molecule has 0 heteroatoms. The van der Waals surface area contributed by atoms with Crippen molar-refractivity contribution in [2.75, 3.05) is 0 Å². The minimum absolute atomic E-state index is 0.746. The van der Waals surface area contributed by atoms with Crippen LogP contribution in [0.15, 0.2) is 29.8 Å². The molecular weight excluding hydrogens is 228 g/mol. The van der Waals surface area contributed by atoms with Crippen molar-refractivity contribution < 1.29 is 0 Å². The molecule has 0 nitrogen and oxygen atoms in total. The van der Waals surface area contributed by atoms with Gasteiger partial charge < -0.3 is 0 Å². The molecule has 1 saturated carbocycles. The third kappa shape index (κ3) is 3.11. The van der Waals surface area contributed by atoms with Gasteiger partial charge in [-0.05, 0) is 30.4 Å². The number of benzene rings is 1. The Balaban J connectivity index is 1.75. The topological polar surface area (TPSA) is 0 Å². The highest BCUT2D eigenvalue weighted by atomic mass is 14.3. The largest absolute Gasteiger partial charge is 0.0621 e. The molecule has 2 aliphatic rings. The van der Waals surface area contributed by atoms with Crippen LogP contribution in [0.2, 0.25) is 0 Å². The Morgan fingerprint density at radius 2 is 1.42 bits per heavy atom. The Labute approximate surface area is 117 Å². The van der Waals surface area contributed by atoms with Crippen LogP contribution < -0.4 is 0 Å². The molecule has 0 aliphatic heterocycles. The summed E-state index contributed by atoms with van der Waals surface area (Å²) >= 11 is 0. The molecule has 0 bridgehead atoms. The Bertz CT molecular complexity index is 441. The molecule has 19 heavy (non-hydrogen) atoms. The highest BCUT2D eigenvalue weighted by Gasteiger charge is 2.23. The van der Waals surface area contributed by atoms with Gasteiger partial charge in [0.2, 0.25) is 0 Å². The van der Waals surface area contributed by atoms with Gasteiger partial charge in [0.05, 0.1) is 0 Å². The molecule has 3 rings (SSSR count). The van der Waals surface area contributed by atoms with Gasteiger partial charge in [0.15, 0.2) is 0 Å². The molecule has 2 aliphatic carbocycles. The van der Waals surface area contributed by atoms with Crippen LogP contribution in [0.5, 0.6) is 0 Å². The fourth-order valence-corrected chi connectivity index (χ4v) is 3.79. The molecule has 0 radical (unpaired) electrons. The van der Waals surface area contributed by atoms with E-state index >= 15 is 0 Å². The third-order valence-electron chi connectivity index (χ3n) is 4.87. The number of fused-ring (bicyclic) bond motifs is 3. The molecule has 1 atom stereocenters. The maximum absolute atomic E-state index is 2.49. The van der Waals surface area contributed by atoms with Crippen LogP contribution >= 0.6 is 0 Å². The lowest BCUT2D eigenvalue weighted by Crippen LogP contribution is -2.00. The first-order chi connectivity index (χ1) is 9.45. The van der Waals surface area contributed by atoms with E-state index in [1.54, 1.807) is 11.1 Å². The molecule has 1 unspecified atom stereocenters. The van der Waals surface area contributed by atoms with Gasteiger partial charge >= 0.3 is 0 Å². The molecule has 1 fully saturated rings. The van der Waals surface area contributed by atoms with Gasteiger partial charge in [0.25, 0.3) is 0 Å². The fraction of sp³-hybridized carbons (Fsp3) is 0.579. The Kier molecular flexibility index (Phi) is 4.37. The third-order valence-corrected chi connectivity index (χ3v) is 4.87. The smallest absolute Gasteiger partial charge is 0.00574 e. The maximum atomic E-state index is 2.49. The lowest BCUT2D eigenvalue weighted by atomic mass is 9.87. The zero-order valence-corrected chi connectivity index (χ0v) is 12.0. The fourth-order valence-electron chi connectivity index (χ4n) is 3.79. The average molecular weight is 254 g/mol. The van der Waals surface area contributed by atoms with E-state index in [-0.39, 0.29) is 0 Å². The highest BCUT2D eigenvalue weighted by molar-refractivity contribution is 5.66. The molecular formula is C19H26. The zero-order chi connectivity index (χ0) is 12.9. The number of hydrogen-bond donors (Lipinski definition) is 0. The summed E-state index contributed by atoms with van der Waals surface area (Å²) in [5, 5.41) is 0. The Morgan fingerprint density at radius 1 is 0.737 bits per heavy atom. The van der Waals surface area contributed by atoms with E-state index in [9.17, 15) is 0 Å². The molecule has 0 amide bonds. The quantitative estimate of drug-likeness (QED) is 0.526. The van der Waals surface area contributed by atoms with Gasteiger partial charge in [0, 0.05) is 5.92 Å².